The SMILES string of the molecule is Cc1cccc(C(NCC2CC2)c2ccc(F)c(NC(=O)c3cc(C(F)(F)F)nn3-c3cccc(CN)c3)c2)c1. The first-order valence-electron chi connectivity index (χ1n) is 13.0. The highest BCUT2D eigenvalue weighted by molar-refractivity contribution is 6.03. The molecule has 4 aromatic rings. The van der Waals surface area contributed by atoms with Crippen LogP contribution in [0.4, 0.5) is 23.2 Å². The van der Waals surface area contributed by atoms with E-state index in [9.17, 15) is 22.4 Å². The number of nitrogens with two attached hydrogens (primary N) is 1. The number of alkyl halides is 3. The molecule has 1 fully saturated rings. The molecular formula is C30H29F4N5O. The molecule has 1 unspecified atom stereocenters. The molecule has 1 aliphatic rings. The van der Waals surface area contributed by atoms with Crippen molar-refractivity contribution >= 4 is 11.6 Å². The number of amides is 1. The quantitative estimate of drug-likeness (QED) is 0.218. The van der Waals surface area contributed by atoms with Crippen LogP contribution in [0.3, 0.4) is 0 Å². The van der Waals surface area contributed by atoms with Crippen LogP contribution in [0.5, 0.6) is 0 Å². The normalized spacial score (nSPS) is 14.2. The summed E-state index contributed by atoms with van der Waals surface area (Å²) in [5.41, 5.74) is 7.53. The second-order valence-electron chi connectivity index (χ2n) is 10.1. The number of benzene rings is 3. The molecule has 0 spiro atoms. The Morgan fingerprint density at radius 3 is 2.50 bits per heavy atom. The van der Waals surface area contributed by atoms with Gasteiger partial charge in [-0.1, -0.05) is 48.0 Å². The Bertz CT molecular complexity index is 1530. The van der Waals surface area contributed by atoms with Gasteiger partial charge in [0.1, 0.15) is 11.5 Å². The summed E-state index contributed by atoms with van der Waals surface area (Å²) in [5, 5.41) is 9.66. The van der Waals surface area contributed by atoms with Crippen molar-refractivity contribution in [3.8, 4) is 5.69 Å². The smallest absolute Gasteiger partial charge is 0.326 e. The Morgan fingerprint density at radius 1 is 1.05 bits per heavy atom. The molecule has 1 aromatic heterocycles. The molecule has 0 bridgehead atoms. The fraction of sp³-hybridized carbons (Fsp3) is 0.267. The number of rotatable bonds is 9. The Labute approximate surface area is 229 Å². The molecule has 40 heavy (non-hydrogen) atoms. The molecular weight excluding hydrogens is 522 g/mol. The average Bonchev–Trinajstić information content (AvgIpc) is 3.63. The van der Waals surface area contributed by atoms with Crippen molar-refractivity contribution in [2.24, 2.45) is 11.7 Å². The number of aromatic nitrogens is 2. The van der Waals surface area contributed by atoms with Crippen LogP contribution < -0.4 is 16.4 Å². The number of hydrogen-bond donors (Lipinski definition) is 3. The summed E-state index contributed by atoms with van der Waals surface area (Å²) in [4.78, 5) is 13.3. The third-order valence-electron chi connectivity index (χ3n) is 6.88. The van der Waals surface area contributed by atoms with E-state index in [0.717, 1.165) is 35.2 Å². The summed E-state index contributed by atoms with van der Waals surface area (Å²) in [5.74, 6) is -1.06. The lowest BCUT2D eigenvalue weighted by Gasteiger charge is -2.21. The molecule has 6 nitrogen and oxygen atoms in total. The van der Waals surface area contributed by atoms with Gasteiger partial charge < -0.3 is 16.4 Å². The van der Waals surface area contributed by atoms with Crippen molar-refractivity contribution in [3.05, 3.63) is 112 Å². The fourth-order valence-electron chi connectivity index (χ4n) is 4.58. The van der Waals surface area contributed by atoms with Gasteiger partial charge in [-0.25, -0.2) is 9.07 Å². The largest absolute Gasteiger partial charge is 0.435 e. The average molecular weight is 552 g/mol. The first kappa shape index (κ1) is 27.5. The molecule has 10 heteroatoms. The molecule has 0 saturated heterocycles. The molecule has 5 rings (SSSR count). The third kappa shape index (κ3) is 6.24. The van der Waals surface area contributed by atoms with Crippen LogP contribution in [0, 0.1) is 18.7 Å². The number of nitrogens with zero attached hydrogens (tertiary/aromatic N) is 2. The van der Waals surface area contributed by atoms with E-state index in [1.807, 2.05) is 31.2 Å². The molecule has 1 aliphatic carbocycles. The van der Waals surface area contributed by atoms with Crippen LogP contribution in [0.2, 0.25) is 0 Å². The summed E-state index contributed by atoms with van der Waals surface area (Å²) < 4.78 is 56.6. The van der Waals surface area contributed by atoms with Gasteiger partial charge in [-0.15, -0.1) is 0 Å². The lowest BCUT2D eigenvalue weighted by molar-refractivity contribution is -0.141. The minimum Gasteiger partial charge on any atom is -0.326 e. The highest BCUT2D eigenvalue weighted by atomic mass is 19.4. The molecule has 0 aliphatic heterocycles. The number of halogens is 4. The molecule has 3 aromatic carbocycles. The summed E-state index contributed by atoms with van der Waals surface area (Å²) in [6.07, 6.45) is -2.48. The van der Waals surface area contributed by atoms with E-state index >= 15 is 0 Å². The molecule has 1 atom stereocenters. The Balaban J connectivity index is 1.49. The van der Waals surface area contributed by atoms with Crippen molar-refractivity contribution in [3.63, 3.8) is 0 Å². The Morgan fingerprint density at radius 2 is 1.80 bits per heavy atom. The van der Waals surface area contributed by atoms with Crippen molar-refractivity contribution < 1.29 is 22.4 Å². The maximum atomic E-state index is 15.0. The maximum absolute atomic E-state index is 15.0. The highest BCUT2D eigenvalue weighted by Crippen LogP contribution is 2.33. The van der Waals surface area contributed by atoms with Gasteiger partial charge in [0, 0.05) is 12.6 Å². The van der Waals surface area contributed by atoms with E-state index in [0.29, 0.717) is 23.1 Å². The lowest BCUT2D eigenvalue weighted by Crippen LogP contribution is -2.25. The van der Waals surface area contributed by atoms with Crippen LogP contribution in [0.15, 0.2) is 72.8 Å². The topological polar surface area (TPSA) is 85.0 Å². The van der Waals surface area contributed by atoms with Crippen LogP contribution in [0.25, 0.3) is 5.69 Å². The Hall–Kier alpha value is -4.02. The standard InChI is InChI=1S/C30H29F4N5O/c1-18-4-2-6-21(12-18)28(36-17-19-8-9-19)22-10-11-24(31)25(14-22)37-29(40)26-15-27(30(32,33)34)38-39(26)23-7-3-5-20(13-23)16-35/h2-7,10-15,19,28,36H,8-9,16-17,35H2,1H3,(H,37,40). The summed E-state index contributed by atoms with van der Waals surface area (Å²) in [6, 6.07) is 19.1. The van der Waals surface area contributed by atoms with E-state index < -0.39 is 29.3 Å². The first-order chi connectivity index (χ1) is 19.1. The lowest BCUT2D eigenvalue weighted by atomic mass is 9.96. The maximum Gasteiger partial charge on any atom is 0.435 e. The molecule has 1 amide bonds. The zero-order valence-corrected chi connectivity index (χ0v) is 21.8. The predicted molar refractivity (Wildman–Crippen MR) is 145 cm³/mol. The highest BCUT2D eigenvalue weighted by Gasteiger charge is 2.36. The summed E-state index contributed by atoms with van der Waals surface area (Å²) in [6.45, 7) is 2.93. The number of carbonyl (C=O) groups is 1. The molecule has 208 valence electrons. The second kappa shape index (κ2) is 11.2. The zero-order valence-electron chi connectivity index (χ0n) is 21.8. The predicted octanol–water partition coefficient (Wildman–Crippen LogP) is 6.14. The van der Waals surface area contributed by atoms with Gasteiger partial charge in [0.05, 0.1) is 17.4 Å². The summed E-state index contributed by atoms with van der Waals surface area (Å²) >= 11 is 0. The summed E-state index contributed by atoms with van der Waals surface area (Å²) in [7, 11) is 0. The van der Waals surface area contributed by atoms with Crippen molar-refractivity contribution in [1.29, 1.82) is 0 Å². The van der Waals surface area contributed by atoms with E-state index in [4.69, 9.17) is 5.73 Å². The minimum atomic E-state index is -4.79. The van der Waals surface area contributed by atoms with Crippen LogP contribution in [-0.4, -0.2) is 22.2 Å². The van der Waals surface area contributed by atoms with Crippen LogP contribution >= 0.6 is 0 Å². The van der Waals surface area contributed by atoms with Crippen LogP contribution in [0.1, 0.15) is 57.3 Å². The van der Waals surface area contributed by atoms with Crippen molar-refractivity contribution in [2.45, 2.75) is 38.5 Å². The van der Waals surface area contributed by atoms with Gasteiger partial charge in [0.15, 0.2) is 5.69 Å². The molecule has 0 radical (unpaired) electrons. The van der Waals surface area contributed by atoms with E-state index in [2.05, 4.69) is 15.7 Å². The van der Waals surface area contributed by atoms with Gasteiger partial charge in [-0.2, -0.15) is 18.3 Å². The van der Waals surface area contributed by atoms with Crippen molar-refractivity contribution in [2.75, 3.05) is 11.9 Å². The monoisotopic (exact) mass is 551 g/mol. The fourth-order valence-corrected chi connectivity index (χ4v) is 4.58. The molecule has 1 saturated carbocycles. The first-order valence-corrected chi connectivity index (χ1v) is 13.0. The number of anilines is 1. The number of nitrogens with one attached hydrogen (secondary N) is 2. The second-order valence-corrected chi connectivity index (χ2v) is 10.1. The van der Waals surface area contributed by atoms with Crippen molar-refractivity contribution in [1.82, 2.24) is 15.1 Å². The van der Waals surface area contributed by atoms with E-state index in [-0.39, 0.29) is 24.0 Å². The van der Waals surface area contributed by atoms with Gasteiger partial charge in [0.25, 0.3) is 5.91 Å². The number of aryl methyl sites for hydroxylation is 1. The van der Waals surface area contributed by atoms with E-state index in [1.54, 1.807) is 24.3 Å². The van der Waals surface area contributed by atoms with Gasteiger partial charge >= 0.3 is 6.18 Å². The van der Waals surface area contributed by atoms with Crippen LogP contribution in [-0.2, 0) is 12.7 Å². The number of hydrogen-bond acceptors (Lipinski definition) is 4. The van der Waals surface area contributed by atoms with Gasteiger partial charge in [-0.3, -0.25) is 4.79 Å². The van der Waals surface area contributed by atoms with Gasteiger partial charge in [-0.05, 0) is 73.2 Å². The molecule has 1 heterocycles. The minimum absolute atomic E-state index is 0.148. The van der Waals surface area contributed by atoms with E-state index in [1.165, 1.54) is 18.2 Å². The molecule has 4 N–H and O–H groups in total. The third-order valence-corrected chi connectivity index (χ3v) is 6.88. The zero-order chi connectivity index (χ0) is 28.4. The number of carbonyl (C=O) groups excluding carboxylic acids is 1. The van der Waals surface area contributed by atoms with Gasteiger partial charge in [0.2, 0.25) is 0 Å². The Kier molecular flexibility index (Phi) is 7.73.